The van der Waals surface area contributed by atoms with Gasteiger partial charge in [-0.25, -0.2) is 89.5 Å². The fourth-order valence-corrected chi connectivity index (χ4v) is 11.7. The average molecular weight is 2120 g/mol. The van der Waals surface area contributed by atoms with Crippen LogP contribution in [0.4, 0.5) is 211 Å². The van der Waals surface area contributed by atoms with Gasteiger partial charge in [-0.2, -0.15) is 145 Å². The van der Waals surface area contributed by atoms with Crippen LogP contribution in [0, 0.1) is 116 Å². The summed E-state index contributed by atoms with van der Waals surface area (Å²) in [4.78, 5) is 0. The highest BCUT2D eigenvalue weighted by Crippen LogP contribution is 2.55. The largest absolute Gasteiger partial charge is 0.486 e. The molecule has 141 heavy (non-hydrogen) atoms. The van der Waals surface area contributed by atoms with Crippen LogP contribution in [0.5, 0.6) is 40.2 Å². The van der Waals surface area contributed by atoms with Crippen LogP contribution in [0.15, 0.2) is 127 Å². The molecule has 8 aromatic rings. The van der Waals surface area contributed by atoms with E-state index in [9.17, 15) is 140 Å². The second-order valence-corrected chi connectivity index (χ2v) is 29.3. The monoisotopic (exact) mass is 2120 g/mol. The highest BCUT2D eigenvalue weighted by molar-refractivity contribution is 5.71. The third-order valence-electron chi connectivity index (χ3n) is 18.9. The van der Waals surface area contributed by atoms with Crippen LogP contribution in [0.3, 0.4) is 0 Å². The number of halogens is 48. The quantitative estimate of drug-likeness (QED) is 0.0158. The molecule has 0 radical (unpaired) electrons. The predicted octanol–water partition coefficient (Wildman–Crippen LogP) is 29.3. The lowest BCUT2D eigenvalue weighted by atomic mass is 9.73. The molecule has 0 fully saturated rings. The first-order chi connectivity index (χ1) is 64.2. The molecule has 0 saturated heterocycles. The van der Waals surface area contributed by atoms with E-state index in [0.717, 1.165) is 48.5 Å². The third kappa shape index (κ3) is 23.1. The Labute approximate surface area is 752 Å². The standard InChI is InChI=1S/C82H44F48O11/c1-8-35(28(3)84)42(85)45(88)37(22-83)131-24-71(107,108)23-72(109,110)76(117,118)140-80(125,126)77(119,120)137-74(113,114)26-133-65-56(99)46(89)38(47(90)57(65)100)40-50(93)60(103)67(61(104)51(40)94)135-33-17-13-29(14-18-33)69(4,5)31-11-10-12-32(21-31)70(6,7)30-15-19-34(20-16-30)136-68-62(105)52(95)41(53(96)63(68)106)39-48(91)58(101)66(59(102)49(39)92)134-27-75(115,116)139-79(123,124)82(129,130)141-81(127,128)78(121,122)138-73(111,112)25-132-64-54(97)43(86)36(9-2)44(87)55(64)98/h8-21H,1-3,22-27H2,4-7H3/b42-35+,45-37-. The van der Waals surface area contributed by atoms with Gasteiger partial charge in [0, 0.05) is 16.4 Å². The van der Waals surface area contributed by atoms with Crippen molar-refractivity contribution < 1.29 is 263 Å². The molecule has 774 valence electrons. The number of allylic oxidation sites excluding steroid dienone is 6. The van der Waals surface area contributed by atoms with Crippen molar-refractivity contribution in [3.05, 3.63) is 272 Å². The first-order valence-electron chi connectivity index (χ1n) is 36.7. The second kappa shape index (κ2) is 40.2. The molecule has 8 aromatic carbocycles. The number of ether oxygens (including phenoxy) is 11. The molecule has 11 nitrogen and oxygen atoms in total. The van der Waals surface area contributed by atoms with E-state index < -0.39 is 337 Å². The molecular formula is C82H44F48O11. The van der Waals surface area contributed by atoms with Crippen LogP contribution >= 0.6 is 0 Å². The van der Waals surface area contributed by atoms with E-state index in [4.69, 9.17) is 9.47 Å². The highest BCUT2D eigenvalue weighted by Gasteiger charge is 2.76. The summed E-state index contributed by atoms with van der Waals surface area (Å²) in [7, 11) is 0. The Hall–Kier alpha value is -12.3. The zero-order chi connectivity index (χ0) is 108. The van der Waals surface area contributed by atoms with Gasteiger partial charge in [0.05, 0.1) is 34.2 Å². The molecule has 0 aliphatic carbocycles. The maximum atomic E-state index is 15.8. The number of alkyl halides is 25. The van der Waals surface area contributed by atoms with Gasteiger partial charge < -0.3 is 28.4 Å². The number of benzene rings is 8. The van der Waals surface area contributed by atoms with Crippen LogP contribution in [-0.2, 0) is 39.3 Å². The van der Waals surface area contributed by atoms with Gasteiger partial charge in [0.25, 0.3) is 5.92 Å². The highest BCUT2D eigenvalue weighted by atomic mass is 19.4. The van der Waals surface area contributed by atoms with Crippen LogP contribution < -0.4 is 23.7 Å². The first kappa shape index (κ1) is 114. The van der Waals surface area contributed by atoms with Crippen molar-refractivity contribution in [2.75, 3.05) is 33.1 Å². The van der Waals surface area contributed by atoms with Gasteiger partial charge in [0.15, 0.2) is 119 Å². The zero-order valence-corrected chi connectivity index (χ0v) is 68.6. The number of hydrogen-bond acceptors (Lipinski definition) is 11. The molecule has 0 spiro atoms. The van der Waals surface area contributed by atoms with E-state index in [2.05, 4.69) is 52.9 Å². The van der Waals surface area contributed by atoms with Crippen molar-refractivity contribution in [1.82, 2.24) is 0 Å². The Morgan fingerprint density at radius 1 is 0.312 bits per heavy atom. The fraction of sp³-hybridized carbons (Fsp3) is 0.293. The Morgan fingerprint density at radius 2 is 0.574 bits per heavy atom. The third-order valence-corrected chi connectivity index (χ3v) is 18.9. The fourth-order valence-electron chi connectivity index (χ4n) is 11.7. The van der Waals surface area contributed by atoms with Crippen molar-refractivity contribution in [2.45, 2.75) is 118 Å². The summed E-state index contributed by atoms with van der Waals surface area (Å²) in [5.74, 6) is -97.1. The molecule has 8 rings (SSSR count). The SMILES string of the molecule is C=C/C(C(=C)F)=C(F)/C(F)=C(\CF)OCC(F)(F)CC(F)(F)C(F)(F)OC(F)(F)C(F)(F)OC(F)(F)COc1c(F)c(F)c(-c2c(F)c(F)c(Oc3ccc(C(C)(C)c4cccc(C(C)(C)c5ccc(Oc6c(F)c(F)c(-c7c(F)c(F)c(OCC(F)(F)OC(F)(F)C(F)(F)OC(F)(F)C(F)(F)OC(F)(F)COc8c(F)c(F)c(C=C)c(F)c8F)c(F)c7F)c(F)c6F)cc5)c4)cc3)c(F)c2F)c(F)c1F. The zero-order valence-electron chi connectivity index (χ0n) is 68.6. The lowest BCUT2D eigenvalue weighted by Gasteiger charge is -2.34. The van der Waals surface area contributed by atoms with Gasteiger partial charge in [-0.3, -0.25) is 0 Å². The molecule has 0 N–H and O–H groups in total. The van der Waals surface area contributed by atoms with Crippen molar-refractivity contribution >= 4 is 6.08 Å². The maximum absolute atomic E-state index is 15.8. The summed E-state index contributed by atoms with van der Waals surface area (Å²) in [5, 5.41) is 0. The summed E-state index contributed by atoms with van der Waals surface area (Å²) in [5.41, 5.74) is -15.8. The second-order valence-electron chi connectivity index (χ2n) is 29.3. The van der Waals surface area contributed by atoms with E-state index in [1.807, 2.05) is 4.74 Å². The van der Waals surface area contributed by atoms with Gasteiger partial charge >= 0.3 is 67.0 Å². The van der Waals surface area contributed by atoms with Crippen LogP contribution in [0.1, 0.15) is 61.9 Å². The van der Waals surface area contributed by atoms with Crippen molar-refractivity contribution in [1.29, 1.82) is 0 Å². The van der Waals surface area contributed by atoms with Crippen molar-refractivity contribution in [2.24, 2.45) is 0 Å². The molecule has 59 heteroatoms. The molecule has 0 atom stereocenters. The van der Waals surface area contributed by atoms with Crippen molar-refractivity contribution in [3.63, 3.8) is 0 Å². The molecule has 0 aliphatic rings. The van der Waals surface area contributed by atoms with Gasteiger partial charge in [0.1, 0.15) is 24.0 Å². The predicted molar refractivity (Wildman–Crippen MR) is 378 cm³/mol. The maximum Gasteiger partial charge on any atom is 0.453 e. The van der Waals surface area contributed by atoms with E-state index in [-0.39, 0.29) is 23.3 Å². The van der Waals surface area contributed by atoms with E-state index in [1.165, 1.54) is 52.0 Å². The summed E-state index contributed by atoms with van der Waals surface area (Å²) in [6.07, 6.45) is -76.1. The van der Waals surface area contributed by atoms with E-state index in [0.29, 0.717) is 11.1 Å². The van der Waals surface area contributed by atoms with Gasteiger partial charge in [-0.05, 0) is 46.5 Å². The molecule has 0 aromatic heterocycles. The topological polar surface area (TPSA) is 102 Å². The Morgan fingerprint density at radius 3 is 0.837 bits per heavy atom. The van der Waals surface area contributed by atoms with E-state index >= 15 is 70.2 Å². The van der Waals surface area contributed by atoms with Gasteiger partial charge in [0.2, 0.25) is 69.7 Å². The normalized spacial score (nSPS) is 13.7. The summed E-state index contributed by atoms with van der Waals surface area (Å²) >= 11 is 0. The molecule has 0 saturated carbocycles. The minimum atomic E-state index is -7.74. The van der Waals surface area contributed by atoms with Crippen LogP contribution in [-0.4, -0.2) is 106 Å². The first-order valence-corrected chi connectivity index (χ1v) is 36.7. The Kier molecular flexibility index (Phi) is 32.5. The van der Waals surface area contributed by atoms with E-state index in [1.54, 1.807) is 4.74 Å². The van der Waals surface area contributed by atoms with Crippen LogP contribution in [0.2, 0.25) is 0 Å². The Bertz CT molecular complexity index is 6000. The molecule has 0 heterocycles. The minimum Gasteiger partial charge on any atom is -0.486 e. The van der Waals surface area contributed by atoms with Gasteiger partial charge in [-0.15, -0.1) is 0 Å². The molecule has 0 amide bonds. The van der Waals surface area contributed by atoms with Crippen LogP contribution in [0.25, 0.3) is 28.3 Å². The molecular weight excluding hydrogens is 2070 g/mol. The Balaban J connectivity index is 0.911. The average Bonchev–Trinajstić information content (AvgIpc) is 0.748. The van der Waals surface area contributed by atoms with Crippen molar-refractivity contribution in [3.8, 4) is 62.5 Å². The molecule has 0 unspecified atom stereocenters. The summed E-state index contributed by atoms with van der Waals surface area (Å²) in [6, 6.07) is 13.8. The smallest absolute Gasteiger partial charge is 0.453 e. The lowest BCUT2D eigenvalue weighted by molar-refractivity contribution is -0.557. The lowest BCUT2D eigenvalue weighted by Crippen LogP contribution is -2.58. The number of hydrogen-bond donors (Lipinski definition) is 0. The number of rotatable bonds is 43. The summed E-state index contributed by atoms with van der Waals surface area (Å²) < 4.78 is 739. The van der Waals surface area contributed by atoms with Gasteiger partial charge in [-0.1, -0.05) is 108 Å². The summed E-state index contributed by atoms with van der Waals surface area (Å²) in [6.45, 7) is -1.78. The molecule has 0 bridgehead atoms. The minimum absolute atomic E-state index is 0.0835. The molecule has 0 aliphatic heterocycles.